The summed E-state index contributed by atoms with van der Waals surface area (Å²) in [6.45, 7) is 0. The van der Waals surface area contributed by atoms with Crippen LogP contribution in [0.3, 0.4) is 0 Å². The third-order valence-electron chi connectivity index (χ3n) is 5.43. The number of nitrogens with one attached hydrogen (secondary N) is 1. The average molecular weight is 365 g/mol. The highest BCUT2D eigenvalue weighted by Gasteiger charge is 2.44. The summed E-state index contributed by atoms with van der Waals surface area (Å²) in [7, 11) is 0. The van der Waals surface area contributed by atoms with Crippen molar-refractivity contribution in [2.75, 3.05) is 5.32 Å². The van der Waals surface area contributed by atoms with Crippen molar-refractivity contribution in [2.24, 2.45) is 5.92 Å². The van der Waals surface area contributed by atoms with E-state index in [-0.39, 0.29) is 18.2 Å². The first-order valence-corrected chi connectivity index (χ1v) is 9.08. The molecule has 5 rings (SSSR count). The number of aliphatic hydroxyl groups excluding tert-OH is 1. The number of ether oxygens (including phenoxy) is 1. The van der Waals surface area contributed by atoms with Crippen LogP contribution in [-0.4, -0.2) is 42.7 Å². The zero-order chi connectivity index (χ0) is 18.4. The van der Waals surface area contributed by atoms with Crippen LogP contribution < -0.4 is 5.32 Å². The van der Waals surface area contributed by atoms with Gasteiger partial charge in [0.15, 0.2) is 17.0 Å². The molecule has 0 spiro atoms. The third-order valence-corrected chi connectivity index (χ3v) is 5.43. The molecule has 8 nitrogen and oxygen atoms in total. The van der Waals surface area contributed by atoms with Crippen molar-refractivity contribution < 1.29 is 14.6 Å². The highest BCUT2D eigenvalue weighted by atomic mass is 16.5. The maximum Gasteiger partial charge on any atom is 0.256 e. The summed E-state index contributed by atoms with van der Waals surface area (Å²) in [6, 6.07) is 8.95. The van der Waals surface area contributed by atoms with Gasteiger partial charge in [0.2, 0.25) is 0 Å². The van der Waals surface area contributed by atoms with Crippen LogP contribution in [0.5, 0.6) is 0 Å². The van der Waals surface area contributed by atoms with Gasteiger partial charge in [-0.25, -0.2) is 15.0 Å². The van der Waals surface area contributed by atoms with E-state index in [1.807, 2.05) is 22.8 Å². The van der Waals surface area contributed by atoms with Gasteiger partial charge in [-0.05, 0) is 37.3 Å². The number of benzene rings is 1. The summed E-state index contributed by atoms with van der Waals surface area (Å²) in [5.74, 6) is 0.479. The SMILES string of the molecule is O=C(Nc1ncnc2c1ncn2[C@H]1C[C@H]2CC[C@@H](O)[C@H]2O1)c1ccccc1. The topological polar surface area (TPSA) is 102 Å². The molecule has 0 unspecified atom stereocenters. The minimum Gasteiger partial charge on any atom is -0.390 e. The van der Waals surface area contributed by atoms with Crippen LogP contribution in [-0.2, 0) is 4.74 Å². The molecular weight excluding hydrogens is 346 g/mol. The van der Waals surface area contributed by atoms with Crippen molar-refractivity contribution in [1.29, 1.82) is 0 Å². The number of carbonyl (C=O) groups excluding carboxylic acids is 1. The Hall–Kier alpha value is -2.84. The molecular formula is C19H19N5O3. The summed E-state index contributed by atoms with van der Waals surface area (Å²) in [5.41, 5.74) is 1.67. The van der Waals surface area contributed by atoms with Crippen LogP contribution >= 0.6 is 0 Å². The average Bonchev–Trinajstić information content (AvgIpc) is 3.38. The molecule has 8 heteroatoms. The van der Waals surface area contributed by atoms with E-state index in [0.717, 1.165) is 19.3 Å². The Kier molecular flexibility index (Phi) is 3.87. The number of anilines is 1. The molecule has 1 aliphatic heterocycles. The molecule has 3 aromatic rings. The molecule has 1 saturated carbocycles. The van der Waals surface area contributed by atoms with Crippen LogP contribution in [0, 0.1) is 5.92 Å². The van der Waals surface area contributed by atoms with Crippen molar-refractivity contribution in [3.05, 3.63) is 48.5 Å². The molecule has 0 bridgehead atoms. The Morgan fingerprint density at radius 1 is 1.19 bits per heavy atom. The highest BCUT2D eigenvalue weighted by Crippen LogP contribution is 2.43. The molecule has 3 heterocycles. The zero-order valence-electron chi connectivity index (χ0n) is 14.5. The quantitative estimate of drug-likeness (QED) is 0.737. The summed E-state index contributed by atoms with van der Waals surface area (Å²) >= 11 is 0. The Bertz CT molecular complexity index is 989. The molecule has 1 amide bonds. The summed E-state index contributed by atoms with van der Waals surface area (Å²) in [5, 5.41) is 12.9. The fraction of sp³-hybridized carbons (Fsp3) is 0.368. The van der Waals surface area contributed by atoms with Crippen LogP contribution in [0.1, 0.15) is 35.8 Å². The first kappa shape index (κ1) is 16.3. The number of aliphatic hydroxyl groups is 1. The number of amides is 1. The summed E-state index contributed by atoms with van der Waals surface area (Å²) < 4.78 is 7.93. The van der Waals surface area contributed by atoms with E-state index in [1.54, 1.807) is 18.5 Å². The van der Waals surface area contributed by atoms with Crippen molar-refractivity contribution >= 4 is 22.9 Å². The highest BCUT2D eigenvalue weighted by molar-refractivity contribution is 6.06. The number of fused-ring (bicyclic) bond motifs is 2. The van der Waals surface area contributed by atoms with Crippen molar-refractivity contribution in [1.82, 2.24) is 19.5 Å². The molecule has 2 aromatic heterocycles. The van der Waals surface area contributed by atoms with E-state index >= 15 is 0 Å². The number of aromatic nitrogens is 4. The summed E-state index contributed by atoms with van der Waals surface area (Å²) in [6.07, 6.45) is 4.93. The lowest BCUT2D eigenvalue weighted by atomic mass is 10.0. The molecule has 138 valence electrons. The van der Waals surface area contributed by atoms with Gasteiger partial charge in [0.25, 0.3) is 5.91 Å². The minimum atomic E-state index is -0.398. The summed E-state index contributed by atoms with van der Waals surface area (Å²) in [4.78, 5) is 25.4. The van der Waals surface area contributed by atoms with Crippen molar-refractivity contribution in [3.63, 3.8) is 0 Å². The Morgan fingerprint density at radius 2 is 2.04 bits per heavy atom. The van der Waals surface area contributed by atoms with Crippen LogP contribution in [0.4, 0.5) is 5.82 Å². The number of rotatable bonds is 3. The maximum absolute atomic E-state index is 12.4. The van der Waals surface area contributed by atoms with Crippen molar-refractivity contribution in [3.8, 4) is 0 Å². The van der Waals surface area contributed by atoms with Gasteiger partial charge in [-0.1, -0.05) is 18.2 Å². The third kappa shape index (κ3) is 2.77. The zero-order valence-corrected chi connectivity index (χ0v) is 14.5. The number of imidazole rings is 1. The van der Waals surface area contributed by atoms with Gasteiger partial charge in [-0.3, -0.25) is 9.36 Å². The molecule has 2 N–H and O–H groups in total. The van der Waals surface area contributed by atoms with Gasteiger partial charge < -0.3 is 15.2 Å². The molecule has 1 aliphatic carbocycles. The molecule has 2 aliphatic rings. The van der Waals surface area contributed by atoms with Crippen LogP contribution in [0.2, 0.25) is 0 Å². The van der Waals surface area contributed by atoms with Crippen LogP contribution in [0.15, 0.2) is 43.0 Å². The predicted octanol–water partition coefficient (Wildman–Crippen LogP) is 2.14. The molecule has 1 aromatic carbocycles. The van der Waals surface area contributed by atoms with Gasteiger partial charge >= 0.3 is 0 Å². The Labute approximate surface area is 155 Å². The van der Waals surface area contributed by atoms with E-state index in [1.165, 1.54) is 6.33 Å². The number of carbonyl (C=O) groups is 1. The van der Waals surface area contributed by atoms with E-state index in [0.29, 0.717) is 28.5 Å². The predicted molar refractivity (Wildman–Crippen MR) is 97.0 cm³/mol. The number of hydrogen-bond acceptors (Lipinski definition) is 6. The van der Waals surface area contributed by atoms with Gasteiger partial charge in [-0.15, -0.1) is 0 Å². The lowest BCUT2D eigenvalue weighted by molar-refractivity contribution is -0.0525. The molecule has 1 saturated heterocycles. The fourth-order valence-electron chi connectivity index (χ4n) is 4.08. The van der Waals surface area contributed by atoms with E-state index in [9.17, 15) is 9.90 Å². The molecule has 0 radical (unpaired) electrons. The maximum atomic E-state index is 12.4. The van der Waals surface area contributed by atoms with E-state index in [2.05, 4.69) is 20.3 Å². The fourth-order valence-corrected chi connectivity index (χ4v) is 4.08. The monoisotopic (exact) mass is 365 g/mol. The minimum absolute atomic E-state index is 0.119. The lowest BCUT2D eigenvalue weighted by Gasteiger charge is -2.16. The van der Waals surface area contributed by atoms with Crippen LogP contribution in [0.25, 0.3) is 11.2 Å². The first-order valence-electron chi connectivity index (χ1n) is 9.08. The Morgan fingerprint density at radius 3 is 2.85 bits per heavy atom. The van der Waals surface area contributed by atoms with Gasteiger partial charge in [-0.2, -0.15) is 0 Å². The van der Waals surface area contributed by atoms with E-state index in [4.69, 9.17) is 4.74 Å². The smallest absolute Gasteiger partial charge is 0.256 e. The second kappa shape index (κ2) is 6.40. The number of hydrogen-bond donors (Lipinski definition) is 2. The molecule has 4 atom stereocenters. The molecule has 2 fully saturated rings. The second-order valence-electron chi connectivity index (χ2n) is 7.06. The van der Waals surface area contributed by atoms with Gasteiger partial charge in [0.05, 0.1) is 18.5 Å². The largest absolute Gasteiger partial charge is 0.390 e. The lowest BCUT2D eigenvalue weighted by Crippen LogP contribution is -2.23. The number of nitrogens with zero attached hydrogens (tertiary/aromatic N) is 4. The first-order chi connectivity index (χ1) is 13.2. The molecule has 27 heavy (non-hydrogen) atoms. The standard InChI is InChI=1S/C19H19N5O3/c25-13-7-6-12-8-14(27-16(12)13)24-10-22-15-17(20-9-21-18(15)24)23-19(26)11-4-2-1-3-5-11/h1-5,9-10,12-14,16,25H,6-8H2,(H,20,21,23,26)/t12-,13-,14-,16+/m1/s1. The van der Waals surface area contributed by atoms with Gasteiger partial charge in [0, 0.05) is 5.56 Å². The van der Waals surface area contributed by atoms with Gasteiger partial charge in [0.1, 0.15) is 12.6 Å². The van der Waals surface area contributed by atoms with E-state index < -0.39 is 6.10 Å². The van der Waals surface area contributed by atoms with Crippen molar-refractivity contribution in [2.45, 2.75) is 37.7 Å². The normalized spacial score (nSPS) is 27.0. The second-order valence-corrected chi connectivity index (χ2v) is 7.06. The Balaban J connectivity index is 1.43.